The maximum atomic E-state index is 12.1. The molecule has 26 heavy (non-hydrogen) atoms. The summed E-state index contributed by atoms with van der Waals surface area (Å²) < 4.78 is 10.5. The molecular formula is C17H23N5O4. The van der Waals surface area contributed by atoms with E-state index in [4.69, 9.17) is 9.47 Å². The SMILES string of the molecule is CC(C)(C)OC(=O)CC[C@@H](NC(=O)OCc1ccccc1)c1nn[nH]n1. The van der Waals surface area contributed by atoms with E-state index in [1.807, 2.05) is 30.3 Å². The molecule has 9 nitrogen and oxygen atoms in total. The standard InChI is InChI=1S/C17H23N5O4/c1-17(2,3)26-14(23)10-9-13(15-19-21-22-20-15)18-16(24)25-11-12-7-5-4-6-8-12/h4-8,13H,9-11H2,1-3H3,(H,18,24)(H,19,20,21,22)/t13-/m1/s1. The number of nitrogens with zero attached hydrogens (tertiary/aromatic N) is 3. The Morgan fingerprint density at radius 3 is 2.58 bits per heavy atom. The van der Waals surface area contributed by atoms with Gasteiger partial charge >= 0.3 is 12.1 Å². The van der Waals surface area contributed by atoms with Crippen LogP contribution in [0.3, 0.4) is 0 Å². The van der Waals surface area contributed by atoms with Crippen molar-refractivity contribution in [2.75, 3.05) is 0 Å². The van der Waals surface area contributed by atoms with Crippen LogP contribution in [-0.4, -0.2) is 38.3 Å². The Labute approximate surface area is 151 Å². The lowest BCUT2D eigenvalue weighted by Gasteiger charge is -2.20. The Kier molecular flexibility index (Phi) is 6.65. The van der Waals surface area contributed by atoms with E-state index in [9.17, 15) is 9.59 Å². The Balaban J connectivity index is 1.89. The van der Waals surface area contributed by atoms with E-state index in [1.54, 1.807) is 20.8 Å². The number of aromatic nitrogens is 4. The largest absolute Gasteiger partial charge is 0.460 e. The van der Waals surface area contributed by atoms with Crippen molar-refractivity contribution in [2.45, 2.75) is 51.9 Å². The van der Waals surface area contributed by atoms with Crippen molar-refractivity contribution in [3.8, 4) is 0 Å². The van der Waals surface area contributed by atoms with E-state index >= 15 is 0 Å². The zero-order valence-corrected chi connectivity index (χ0v) is 15.1. The zero-order chi connectivity index (χ0) is 19.0. The number of alkyl carbamates (subject to hydrolysis) is 1. The summed E-state index contributed by atoms with van der Waals surface area (Å²) in [5.74, 6) is -0.101. The Morgan fingerprint density at radius 1 is 1.23 bits per heavy atom. The first-order valence-electron chi connectivity index (χ1n) is 8.26. The predicted molar refractivity (Wildman–Crippen MR) is 91.8 cm³/mol. The van der Waals surface area contributed by atoms with E-state index in [-0.39, 0.29) is 31.2 Å². The third kappa shape index (κ3) is 6.88. The van der Waals surface area contributed by atoms with Crippen LogP contribution in [0.25, 0.3) is 0 Å². The molecule has 2 aromatic rings. The number of hydrogen-bond donors (Lipinski definition) is 2. The molecule has 1 aromatic heterocycles. The zero-order valence-electron chi connectivity index (χ0n) is 15.1. The van der Waals surface area contributed by atoms with Crippen LogP contribution in [0, 0.1) is 0 Å². The fraction of sp³-hybridized carbons (Fsp3) is 0.471. The molecule has 1 atom stereocenters. The number of amides is 1. The Morgan fingerprint density at radius 2 is 1.96 bits per heavy atom. The van der Waals surface area contributed by atoms with Crippen LogP contribution in [0.2, 0.25) is 0 Å². The van der Waals surface area contributed by atoms with E-state index in [0.717, 1.165) is 5.56 Å². The number of hydrogen-bond acceptors (Lipinski definition) is 7. The lowest BCUT2D eigenvalue weighted by molar-refractivity contribution is -0.155. The van der Waals surface area contributed by atoms with Crippen molar-refractivity contribution in [3.05, 3.63) is 41.7 Å². The fourth-order valence-electron chi connectivity index (χ4n) is 2.14. The number of carbonyl (C=O) groups excluding carboxylic acids is 2. The lowest BCUT2D eigenvalue weighted by atomic mass is 10.1. The van der Waals surface area contributed by atoms with Gasteiger partial charge in [-0.15, -0.1) is 10.2 Å². The maximum Gasteiger partial charge on any atom is 0.408 e. The van der Waals surface area contributed by atoms with Crippen molar-refractivity contribution in [2.24, 2.45) is 0 Å². The van der Waals surface area contributed by atoms with Crippen LogP contribution < -0.4 is 5.32 Å². The van der Waals surface area contributed by atoms with E-state index in [1.165, 1.54) is 0 Å². The second-order valence-electron chi connectivity index (χ2n) is 6.65. The summed E-state index contributed by atoms with van der Waals surface area (Å²) in [6.45, 7) is 5.51. The molecule has 1 heterocycles. The molecule has 0 aliphatic carbocycles. The third-order valence-corrected chi connectivity index (χ3v) is 3.24. The van der Waals surface area contributed by atoms with Crippen LogP contribution in [0.1, 0.15) is 51.0 Å². The monoisotopic (exact) mass is 361 g/mol. The number of benzene rings is 1. The predicted octanol–water partition coefficient (Wildman–Crippen LogP) is 2.29. The van der Waals surface area contributed by atoms with Gasteiger partial charge in [-0.1, -0.05) is 35.5 Å². The van der Waals surface area contributed by atoms with Crippen LogP contribution in [0.15, 0.2) is 30.3 Å². The van der Waals surface area contributed by atoms with Gasteiger partial charge in [-0.3, -0.25) is 4.79 Å². The summed E-state index contributed by atoms with van der Waals surface area (Å²) in [6, 6.07) is 8.69. The number of nitrogens with one attached hydrogen (secondary N) is 2. The van der Waals surface area contributed by atoms with Gasteiger partial charge in [0.15, 0.2) is 5.82 Å². The minimum Gasteiger partial charge on any atom is -0.460 e. The van der Waals surface area contributed by atoms with Crippen molar-refractivity contribution in [3.63, 3.8) is 0 Å². The molecule has 0 bridgehead atoms. The van der Waals surface area contributed by atoms with Gasteiger partial charge in [0.05, 0.1) is 6.04 Å². The fourth-order valence-corrected chi connectivity index (χ4v) is 2.14. The molecule has 0 aliphatic rings. The number of aromatic amines is 1. The first kappa shape index (κ1) is 19.4. The summed E-state index contributed by atoms with van der Waals surface area (Å²) in [5, 5.41) is 16.2. The number of carbonyl (C=O) groups is 2. The molecule has 2 rings (SSSR count). The van der Waals surface area contributed by atoms with Gasteiger partial charge in [-0.25, -0.2) is 4.79 Å². The molecular weight excluding hydrogens is 338 g/mol. The summed E-state index contributed by atoms with van der Waals surface area (Å²) in [7, 11) is 0. The number of esters is 1. The van der Waals surface area contributed by atoms with Crippen LogP contribution in [0.5, 0.6) is 0 Å². The van der Waals surface area contributed by atoms with Crippen LogP contribution in [0.4, 0.5) is 4.79 Å². The van der Waals surface area contributed by atoms with Gasteiger partial charge in [-0.2, -0.15) is 5.21 Å². The molecule has 2 N–H and O–H groups in total. The van der Waals surface area contributed by atoms with Gasteiger partial charge in [0.2, 0.25) is 0 Å². The Hall–Kier alpha value is -2.97. The quantitative estimate of drug-likeness (QED) is 0.726. The molecule has 0 unspecified atom stereocenters. The molecule has 0 spiro atoms. The summed E-state index contributed by atoms with van der Waals surface area (Å²) in [4.78, 5) is 24.0. The molecule has 0 saturated carbocycles. The van der Waals surface area contributed by atoms with Gasteiger partial charge in [-0.05, 0) is 32.8 Å². The number of H-pyrrole nitrogens is 1. The highest BCUT2D eigenvalue weighted by molar-refractivity contribution is 5.70. The first-order valence-corrected chi connectivity index (χ1v) is 8.26. The van der Waals surface area contributed by atoms with Gasteiger partial charge < -0.3 is 14.8 Å². The highest BCUT2D eigenvalue weighted by Crippen LogP contribution is 2.16. The molecule has 0 radical (unpaired) electrons. The van der Waals surface area contributed by atoms with Crippen LogP contribution in [-0.2, 0) is 20.9 Å². The molecule has 140 valence electrons. The number of tetrazole rings is 1. The Bertz CT molecular complexity index is 698. The molecule has 1 amide bonds. The smallest absolute Gasteiger partial charge is 0.408 e. The molecule has 0 saturated heterocycles. The molecule has 9 heteroatoms. The van der Waals surface area contributed by atoms with Gasteiger partial charge in [0.25, 0.3) is 0 Å². The minimum absolute atomic E-state index is 0.0927. The molecule has 1 aromatic carbocycles. The number of rotatable bonds is 7. The van der Waals surface area contributed by atoms with Gasteiger partial charge in [0.1, 0.15) is 12.2 Å². The third-order valence-electron chi connectivity index (χ3n) is 3.24. The lowest BCUT2D eigenvalue weighted by Crippen LogP contribution is -2.31. The number of ether oxygens (including phenoxy) is 2. The normalized spacial score (nSPS) is 12.3. The van der Waals surface area contributed by atoms with Crippen molar-refractivity contribution >= 4 is 12.1 Å². The molecule has 0 fully saturated rings. The molecule has 0 aliphatic heterocycles. The van der Waals surface area contributed by atoms with Crippen molar-refractivity contribution in [1.29, 1.82) is 0 Å². The van der Waals surface area contributed by atoms with Crippen molar-refractivity contribution < 1.29 is 19.1 Å². The van der Waals surface area contributed by atoms with E-state index < -0.39 is 17.7 Å². The van der Waals surface area contributed by atoms with Crippen molar-refractivity contribution in [1.82, 2.24) is 25.9 Å². The summed E-state index contributed by atoms with van der Waals surface area (Å²) in [6.07, 6.45) is -0.280. The van der Waals surface area contributed by atoms with Crippen LogP contribution >= 0.6 is 0 Å². The summed E-state index contributed by atoms with van der Waals surface area (Å²) in [5.41, 5.74) is 0.299. The second-order valence-corrected chi connectivity index (χ2v) is 6.65. The highest BCUT2D eigenvalue weighted by Gasteiger charge is 2.23. The minimum atomic E-state index is -0.632. The topological polar surface area (TPSA) is 119 Å². The van der Waals surface area contributed by atoms with E-state index in [2.05, 4.69) is 25.9 Å². The average molecular weight is 361 g/mol. The summed E-state index contributed by atoms with van der Waals surface area (Å²) >= 11 is 0. The second kappa shape index (κ2) is 8.93. The highest BCUT2D eigenvalue weighted by atomic mass is 16.6. The first-order chi connectivity index (χ1) is 12.3. The maximum absolute atomic E-state index is 12.1. The van der Waals surface area contributed by atoms with E-state index in [0.29, 0.717) is 0 Å². The van der Waals surface area contributed by atoms with Gasteiger partial charge in [0, 0.05) is 6.42 Å². The average Bonchev–Trinajstić information content (AvgIpc) is 3.10.